The third-order valence-corrected chi connectivity index (χ3v) is 4.63. The van der Waals surface area contributed by atoms with E-state index >= 15 is 0 Å². The van der Waals surface area contributed by atoms with Crippen LogP contribution in [0.4, 0.5) is 5.95 Å². The molecule has 0 aliphatic carbocycles. The lowest BCUT2D eigenvalue weighted by molar-refractivity contribution is 0.0419. The summed E-state index contributed by atoms with van der Waals surface area (Å²) >= 11 is 0. The van der Waals surface area contributed by atoms with E-state index in [4.69, 9.17) is 0 Å². The van der Waals surface area contributed by atoms with Crippen molar-refractivity contribution in [2.75, 3.05) is 25.0 Å². The first-order chi connectivity index (χ1) is 12.1. The fourth-order valence-corrected chi connectivity index (χ4v) is 3.16. The molecule has 1 aliphatic rings. The van der Waals surface area contributed by atoms with E-state index in [0.29, 0.717) is 30.4 Å². The minimum atomic E-state index is -0.597. The van der Waals surface area contributed by atoms with Crippen molar-refractivity contribution in [3.8, 4) is 0 Å². The molecular weight excluding hydrogens is 320 g/mol. The van der Waals surface area contributed by atoms with Crippen LogP contribution in [0.2, 0.25) is 0 Å². The molecular formula is C17H24N6O2. The summed E-state index contributed by atoms with van der Waals surface area (Å²) in [6, 6.07) is 0. The largest absolute Gasteiger partial charge is 0.385 e. The van der Waals surface area contributed by atoms with Crippen molar-refractivity contribution in [1.82, 2.24) is 24.4 Å². The van der Waals surface area contributed by atoms with Gasteiger partial charge in [0.25, 0.3) is 5.91 Å². The number of nitrogens with one attached hydrogen (secondary N) is 1. The molecule has 0 unspecified atom stereocenters. The summed E-state index contributed by atoms with van der Waals surface area (Å²) in [6.45, 7) is 3.92. The molecule has 134 valence electrons. The van der Waals surface area contributed by atoms with Crippen molar-refractivity contribution in [2.24, 2.45) is 13.0 Å². The molecule has 1 aliphatic heterocycles. The van der Waals surface area contributed by atoms with Gasteiger partial charge in [-0.05, 0) is 25.7 Å². The summed E-state index contributed by atoms with van der Waals surface area (Å²) in [5, 5.41) is 13.5. The van der Waals surface area contributed by atoms with Crippen LogP contribution in [0.25, 0.3) is 0 Å². The summed E-state index contributed by atoms with van der Waals surface area (Å²) in [7, 11) is 1.88. The zero-order valence-corrected chi connectivity index (χ0v) is 14.6. The number of carbonyl (C=O) groups excluding carboxylic acids is 1. The van der Waals surface area contributed by atoms with E-state index < -0.39 is 6.10 Å². The number of carbonyl (C=O) groups is 1. The fourth-order valence-electron chi connectivity index (χ4n) is 3.16. The third kappa shape index (κ3) is 3.79. The first-order valence-corrected chi connectivity index (χ1v) is 8.60. The molecule has 0 saturated carbocycles. The number of aliphatic hydroxyl groups is 1. The maximum absolute atomic E-state index is 12.6. The minimum Gasteiger partial charge on any atom is -0.385 e. The van der Waals surface area contributed by atoms with Crippen LogP contribution in [0.15, 0.2) is 24.8 Å². The minimum absolute atomic E-state index is 0.0621. The predicted octanol–water partition coefficient (Wildman–Crippen LogP) is 1.23. The highest BCUT2D eigenvalue weighted by Crippen LogP contribution is 2.30. The highest BCUT2D eigenvalue weighted by Gasteiger charge is 2.30. The smallest absolute Gasteiger partial charge is 0.256 e. The second-order valence-corrected chi connectivity index (χ2v) is 6.30. The van der Waals surface area contributed by atoms with E-state index in [-0.39, 0.29) is 11.8 Å². The number of amides is 1. The molecule has 0 bridgehead atoms. The topological polar surface area (TPSA) is 96.2 Å². The summed E-state index contributed by atoms with van der Waals surface area (Å²) in [5.41, 5.74) is 0.491. The van der Waals surface area contributed by atoms with Crippen LogP contribution in [-0.2, 0) is 7.05 Å². The number of aliphatic hydroxyl groups excluding tert-OH is 1. The lowest BCUT2D eigenvalue weighted by Crippen LogP contribution is -2.40. The Morgan fingerprint density at radius 2 is 2.00 bits per heavy atom. The number of imidazole rings is 1. The van der Waals surface area contributed by atoms with E-state index in [1.54, 1.807) is 23.5 Å². The maximum Gasteiger partial charge on any atom is 0.256 e. The van der Waals surface area contributed by atoms with Gasteiger partial charge in [-0.15, -0.1) is 0 Å². The lowest BCUT2D eigenvalue weighted by Gasteiger charge is -2.34. The van der Waals surface area contributed by atoms with Gasteiger partial charge in [0.2, 0.25) is 5.95 Å². The second kappa shape index (κ2) is 7.60. The second-order valence-electron chi connectivity index (χ2n) is 6.30. The molecule has 1 fully saturated rings. The standard InChI is InChI=1S/C17H24N6O2/c1-3-18-17-20-10-13(11-21-17)16(25)23-7-4-12(5-8-23)14(24)15-19-6-9-22(15)2/h6,9-12,14,24H,3-5,7-8H2,1-2H3,(H,18,20,21)/t14-/m0/s1. The van der Waals surface area contributed by atoms with Crippen molar-refractivity contribution in [3.63, 3.8) is 0 Å². The Balaban J connectivity index is 1.58. The van der Waals surface area contributed by atoms with Gasteiger partial charge in [-0.3, -0.25) is 4.79 Å². The van der Waals surface area contributed by atoms with Crippen molar-refractivity contribution in [1.29, 1.82) is 0 Å². The number of anilines is 1. The molecule has 3 heterocycles. The Morgan fingerprint density at radius 3 is 2.56 bits per heavy atom. The molecule has 1 saturated heterocycles. The van der Waals surface area contributed by atoms with Crippen LogP contribution in [0.1, 0.15) is 42.1 Å². The molecule has 0 aromatic carbocycles. The van der Waals surface area contributed by atoms with Crippen LogP contribution in [0.5, 0.6) is 0 Å². The quantitative estimate of drug-likeness (QED) is 0.847. The van der Waals surface area contributed by atoms with Gasteiger partial charge in [0.05, 0.1) is 5.56 Å². The molecule has 1 amide bonds. The summed E-state index contributed by atoms with van der Waals surface area (Å²) in [6.07, 6.45) is 7.53. The number of aryl methyl sites for hydroxylation is 1. The molecule has 0 radical (unpaired) electrons. The molecule has 25 heavy (non-hydrogen) atoms. The molecule has 0 spiro atoms. The van der Waals surface area contributed by atoms with Gasteiger partial charge >= 0.3 is 0 Å². The van der Waals surface area contributed by atoms with Crippen LogP contribution < -0.4 is 5.32 Å². The van der Waals surface area contributed by atoms with E-state index in [9.17, 15) is 9.90 Å². The molecule has 2 aromatic rings. The highest BCUT2D eigenvalue weighted by molar-refractivity contribution is 5.93. The van der Waals surface area contributed by atoms with Gasteiger partial charge in [0.1, 0.15) is 11.9 Å². The lowest BCUT2D eigenvalue weighted by atomic mass is 9.90. The predicted molar refractivity (Wildman–Crippen MR) is 93.0 cm³/mol. The molecule has 2 aromatic heterocycles. The van der Waals surface area contributed by atoms with Gasteiger partial charge in [-0.2, -0.15) is 0 Å². The van der Waals surface area contributed by atoms with Crippen molar-refractivity contribution < 1.29 is 9.90 Å². The van der Waals surface area contributed by atoms with Crippen LogP contribution in [0.3, 0.4) is 0 Å². The van der Waals surface area contributed by atoms with Gasteiger partial charge in [-0.1, -0.05) is 0 Å². The first kappa shape index (κ1) is 17.3. The van der Waals surface area contributed by atoms with E-state index in [1.165, 1.54) is 0 Å². The van der Waals surface area contributed by atoms with Crippen molar-refractivity contribution >= 4 is 11.9 Å². The number of likely N-dealkylation sites (tertiary alicyclic amines) is 1. The Kier molecular flexibility index (Phi) is 5.28. The molecule has 1 atom stereocenters. The summed E-state index contributed by atoms with van der Waals surface area (Å²) < 4.78 is 1.84. The van der Waals surface area contributed by atoms with Crippen LogP contribution in [0, 0.1) is 5.92 Å². The Bertz CT molecular complexity index is 706. The van der Waals surface area contributed by atoms with E-state index in [0.717, 1.165) is 19.4 Å². The number of hydrogen-bond donors (Lipinski definition) is 2. The van der Waals surface area contributed by atoms with E-state index in [1.807, 2.05) is 24.7 Å². The van der Waals surface area contributed by atoms with Gasteiger partial charge in [-0.25, -0.2) is 15.0 Å². The van der Waals surface area contributed by atoms with Crippen molar-refractivity contribution in [3.05, 3.63) is 36.2 Å². The SMILES string of the molecule is CCNc1ncc(C(=O)N2CCC([C@H](O)c3nccn3C)CC2)cn1. The first-order valence-electron chi connectivity index (χ1n) is 8.60. The number of rotatable bonds is 5. The Hall–Kier alpha value is -2.48. The fraction of sp³-hybridized carbons (Fsp3) is 0.529. The van der Waals surface area contributed by atoms with Gasteiger partial charge in [0.15, 0.2) is 0 Å². The zero-order valence-electron chi connectivity index (χ0n) is 14.6. The van der Waals surface area contributed by atoms with Crippen molar-refractivity contribution in [2.45, 2.75) is 25.9 Å². The summed E-state index contributed by atoms with van der Waals surface area (Å²) in [4.78, 5) is 26.9. The van der Waals surface area contributed by atoms with Crippen LogP contribution in [-0.4, -0.2) is 55.1 Å². The zero-order chi connectivity index (χ0) is 17.8. The number of hydrogen-bond acceptors (Lipinski definition) is 6. The number of aromatic nitrogens is 4. The molecule has 3 rings (SSSR count). The molecule has 2 N–H and O–H groups in total. The Labute approximate surface area is 146 Å². The monoisotopic (exact) mass is 344 g/mol. The summed E-state index contributed by atoms with van der Waals surface area (Å²) in [5.74, 6) is 1.25. The number of piperidine rings is 1. The Morgan fingerprint density at radius 1 is 1.32 bits per heavy atom. The average Bonchev–Trinajstić information content (AvgIpc) is 3.07. The average molecular weight is 344 g/mol. The van der Waals surface area contributed by atoms with Crippen LogP contribution >= 0.6 is 0 Å². The third-order valence-electron chi connectivity index (χ3n) is 4.63. The number of nitrogens with zero attached hydrogens (tertiary/aromatic N) is 5. The highest BCUT2D eigenvalue weighted by atomic mass is 16.3. The normalized spacial score (nSPS) is 16.7. The van der Waals surface area contributed by atoms with Gasteiger partial charge in [0, 0.05) is 51.5 Å². The molecule has 8 heteroatoms. The molecule has 8 nitrogen and oxygen atoms in total. The van der Waals surface area contributed by atoms with Gasteiger partial charge < -0.3 is 19.9 Å². The van der Waals surface area contributed by atoms with E-state index in [2.05, 4.69) is 20.3 Å². The maximum atomic E-state index is 12.6.